The Bertz CT molecular complexity index is 137. The van der Waals surface area contributed by atoms with Crippen LogP contribution in [0.25, 0.3) is 0 Å². The van der Waals surface area contributed by atoms with Crippen LogP contribution in [-0.4, -0.2) is 36.6 Å². The van der Waals surface area contributed by atoms with E-state index in [0.29, 0.717) is 6.04 Å². The molecular weight excluding hydrogens is 130 g/mol. The van der Waals surface area contributed by atoms with E-state index in [-0.39, 0.29) is 6.03 Å². The number of primary amides is 1. The van der Waals surface area contributed by atoms with Gasteiger partial charge in [-0.1, -0.05) is 0 Å². The summed E-state index contributed by atoms with van der Waals surface area (Å²) in [6.07, 6.45) is 0. The molecule has 0 aromatic heterocycles. The molecule has 1 aliphatic heterocycles. The van der Waals surface area contributed by atoms with E-state index in [0.717, 1.165) is 19.6 Å². The Labute approximate surface area is 60.4 Å². The number of nitrogens with two attached hydrogens (primary N) is 1. The summed E-state index contributed by atoms with van der Waals surface area (Å²) in [4.78, 5) is 12.3. The Balaban J connectivity index is 2.39. The minimum atomic E-state index is -0.312. The molecule has 1 heterocycles. The number of carbonyl (C=O) groups is 1. The SMILES string of the molecule is CC1CN(C(N)=O)CCN1. The molecule has 0 aliphatic carbocycles. The summed E-state index contributed by atoms with van der Waals surface area (Å²) in [6.45, 7) is 4.36. The number of rotatable bonds is 0. The van der Waals surface area contributed by atoms with E-state index in [1.54, 1.807) is 4.90 Å². The van der Waals surface area contributed by atoms with Crippen LogP contribution in [-0.2, 0) is 0 Å². The Kier molecular flexibility index (Phi) is 2.11. The van der Waals surface area contributed by atoms with E-state index in [4.69, 9.17) is 5.73 Å². The maximum absolute atomic E-state index is 10.6. The van der Waals surface area contributed by atoms with Crippen molar-refractivity contribution in [3.05, 3.63) is 0 Å². The van der Waals surface area contributed by atoms with Crippen LogP contribution >= 0.6 is 0 Å². The first-order valence-corrected chi connectivity index (χ1v) is 3.48. The zero-order chi connectivity index (χ0) is 7.56. The van der Waals surface area contributed by atoms with Gasteiger partial charge in [0, 0.05) is 25.7 Å². The van der Waals surface area contributed by atoms with Crippen molar-refractivity contribution in [3.8, 4) is 0 Å². The van der Waals surface area contributed by atoms with Gasteiger partial charge in [-0.05, 0) is 6.92 Å². The predicted octanol–water partition coefficient (Wildman–Crippen LogP) is -0.641. The summed E-state index contributed by atoms with van der Waals surface area (Å²) in [6, 6.07) is 0.0644. The number of hydrogen-bond acceptors (Lipinski definition) is 2. The van der Waals surface area contributed by atoms with Gasteiger partial charge in [0.2, 0.25) is 0 Å². The van der Waals surface area contributed by atoms with Crippen molar-refractivity contribution in [2.45, 2.75) is 13.0 Å². The summed E-state index contributed by atoms with van der Waals surface area (Å²) >= 11 is 0. The fourth-order valence-corrected chi connectivity index (χ4v) is 1.13. The molecule has 4 nitrogen and oxygen atoms in total. The molecule has 3 N–H and O–H groups in total. The first-order chi connectivity index (χ1) is 4.70. The topological polar surface area (TPSA) is 58.4 Å². The molecule has 1 unspecified atom stereocenters. The molecule has 1 aliphatic rings. The van der Waals surface area contributed by atoms with Crippen molar-refractivity contribution in [1.82, 2.24) is 10.2 Å². The van der Waals surface area contributed by atoms with Gasteiger partial charge in [-0.2, -0.15) is 0 Å². The minimum Gasteiger partial charge on any atom is -0.351 e. The smallest absolute Gasteiger partial charge is 0.314 e. The highest BCUT2D eigenvalue weighted by molar-refractivity contribution is 5.72. The summed E-state index contributed by atoms with van der Waals surface area (Å²) in [5.74, 6) is 0. The van der Waals surface area contributed by atoms with Crippen molar-refractivity contribution >= 4 is 6.03 Å². The van der Waals surface area contributed by atoms with E-state index >= 15 is 0 Å². The van der Waals surface area contributed by atoms with Crippen molar-refractivity contribution < 1.29 is 4.79 Å². The highest BCUT2D eigenvalue weighted by Crippen LogP contribution is 1.96. The Morgan fingerprint density at radius 2 is 2.50 bits per heavy atom. The highest BCUT2D eigenvalue weighted by atomic mass is 16.2. The molecule has 1 saturated heterocycles. The maximum Gasteiger partial charge on any atom is 0.314 e. The molecule has 58 valence electrons. The van der Waals surface area contributed by atoms with Gasteiger partial charge in [-0.15, -0.1) is 0 Å². The molecule has 0 spiro atoms. The van der Waals surface area contributed by atoms with Gasteiger partial charge in [-0.25, -0.2) is 4.79 Å². The van der Waals surface area contributed by atoms with E-state index in [1.807, 2.05) is 6.92 Å². The third-order valence-corrected chi connectivity index (χ3v) is 1.68. The summed E-state index contributed by atoms with van der Waals surface area (Å²) < 4.78 is 0. The van der Waals surface area contributed by atoms with E-state index in [2.05, 4.69) is 5.32 Å². The second kappa shape index (κ2) is 2.88. The first kappa shape index (κ1) is 7.34. The molecule has 0 saturated carbocycles. The standard InChI is InChI=1S/C6H13N3O/c1-5-4-9(6(7)10)3-2-8-5/h5,8H,2-4H2,1H3,(H2,7,10). The number of hydrogen-bond donors (Lipinski definition) is 2. The molecule has 0 bridgehead atoms. The molecule has 10 heavy (non-hydrogen) atoms. The predicted molar refractivity (Wildman–Crippen MR) is 38.6 cm³/mol. The third-order valence-electron chi connectivity index (χ3n) is 1.68. The van der Waals surface area contributed by atoms with Crippen LogP contribution in [0.3, 0.4) is 0 Å². The Morgan fingerprint density at radius 1 is 1.80 bits per heavy atom. The third kappa shape index (κ3) is 1.60. The Morgan fingerprint density at radius 3 is 2.90 bits per heavy atom. The average molecular weight is 143 g/mol. The van der Waals surface area contributed by atoms with Crippen molar-refractivity contribution in [2.75, 3.05) is 19.6 Å². The van der Waals surface area contributed by atoms with Crippen LogP contribution in [0.5, 0.6) is 0 Å². The molecule has 0 aromatic carbocycles. The lowest BCUT2D eigenvalue weighted by atomic mass is 10.2. The van der Waals surface area contributed by atoms with Gasteiger partial charge in [0.1, 0.15) is 0 Å². The normalized spacial score (nSPS) is 26.5. The average Bonchev–Trinajstić information content (AvgIpc) is 1.88. The summed E-state index contributed by atoms with van der Waals surface area (Å²) in [5.41, 5.74) is 5.09. The van der Waals surface area contributed by atoms with E-state index in [9.17, 15) is 4.79 Å². The number of nitrogens with one attached hydrogen (secondary N) is 1. The zero-order valence-corrected chi connectivity index (χ0v) is 6.13. The number of piperazine rings is 1. The van der Waals surface area contributed by atoms with E-state index < -0.39 is 0 Å². The second-order valence-corrected chi connectivity index (χ2v) is 2.64. The van der Waals surface area contributed by atoms with Crippen LogP contribution in [0.1, 0.15) is 6.92 Å². The molecule has 0 radical (unpaired) electrons. The number of urea groups is 1. The van der Waals surface area contributed by atoms with Crippen molar-refractivity contribution in [3.63, 3.8) is 0 Å². The fourth-order valence-electron chi connectivity index (χ4n) is 1.13. The molecule has 4 heteroatoms. The van der Waals surface area contributed by atoms with Gasteiger partial charge in [0.05, 0.1) is 0 Å². The monoisotopic (exact) mass is 143 g/mol. The van der Waals surface area contributed by atoms with Gasteiger partial charge < -0.3 is 16.0 Å². The number of carbonyl (C=O) groups excluding carboxylic acids is 1. The number of nitrogens with zero attached hydrogens (tertiary/aromatic N) is 1. The van der Waals surface area contributed by atoms with Crippen LogP contribution in [0.4, 0.5) is 4.79 Å². The van der Waals surface area contributed by atoms with Gasteiger partial charge in [-0.3, -0.25) is 0 Å². The highest BCUT2D eigenvalue weighted by Gasteiger charge is 2.17. The van der Waals surface area contributed by atoms with Crippen LogP contribution in [0.15, 0.2) is 0 Å². The lowest BCUT2D eigenvalue weighted by molar-refractivity contribution is 0.188. The van der Waals surface area contributed by atoms with Gasteiger partial charge in [0.25, 0.3) is 0 Å². The minimum absolute atomic E-state index is 0.312. The zero-order valence-electron chi connectivity index (χ0n) is 6.13. The van der Waals surface area contributed by atoms with Crippen molar-refractivity contribution in [1.29, 1.82) is 0 Å². The lowest BCUT2D eigenvalue weighted by Gasteiger charge is -2.30. The summed E-state index contributed by atoms with van der Waals surface area (Å²) in [7, 11) is 0. The Hall–Kier alpha value is -0.770. The molecule has 1 rings (SSSR count). The second-order valence-electron chi connectivity index (χ2n) is 2.64. The van der Waals surface area contributed by atoms with Gasteiger partial charge in [0.15, 0.2) is 0 Å². The van der Waals surface area contributed by atoms with Gasteiger partial charge >= 0.3 is 6.03 Å². The molecular formula is C6H13N3O. The first-order valence-electron chi connectivity index (χ1n) is 3.48. The molecule has 0 aromatic rings. The lowest BCUT2D eigenvalue weighted by Crippen LogP contribution is -2.52. The van der Waals surface area contributed by atoms with E-state index in [1.165, 1.54) is 0 Å². The van der Waals surface area contributed by atoms with Crippen LogP contribution in [0.2, 0.25) is 0 Å². The quantitative estimate of drug-likeness (QED) is 0.474. The van der Waals surface area contributed by atoms with Crippen molar-refractivity contribution in [2.24, 2.45) is 5.73 Å². The molecule has 2 amide bonds. The maximum atomic E-state index is 10.6. The van der Waals surface area contributed by atoms with Crippen LogP contribution in [0, 0.1) is 0 Å². The molecule has 1 atom stereocenters. The van der Waals surface area contributed by atoms with Crippen LogP contribution < -0.4 is 11.1 Å². The summed E-state index contributed by atoms with van der Waals surface area (Å²) in [5, 5.41) is 3.22. The molecule has 1 fully saturated rings. The fraction of sp³-hybridized carbons (Fsp3) is 0.833. The largest absolute Gasteiger partial charge is 0.351 e. The number of amides is 2.